The second kappa shape index (κ2) is 9.37. The molecule has 24 heavy (non-hydrogen) atoms. The Bertz CT molecular complexity index is 414. The van der Waals surface area contributed by atoms with E-state index in [1.54, 1.807) is 13.8 Å². The van der Waals surface area contributed by atoms with E-state index >= 15 is 0 Å². The smallest absolute Gasteiger partial charge is 0.234 e. The van der Waals surface area contributed by atoms with Crippen LogP contribution in [0.2, 0.25) is 0 Å². The largest absolute Gasteiger partial charge is 0.392 e. The standard InChI is InChI=1S/C18H33N3O3/c1-14(22)12-21(17-6-4-3-5-7-17)13-18(24)19-16-8-10-20(11-9-16)15(2)23/h14,16-17,22H,3-13H2,1-2H3,(H,19,24). The van der Waals surface area contributed by atoms with Gasteiger partial charge in [0.25, 0.3) is 0 Å². The maximum Gasteiger partial charge on any atom is 0.234 e. The van der Waals surface area contributed by atoms with Gasteiger partial charge in [-0.2, -0.15) is 0 Å². The van der Waals surface area contributed by atoms with Crippen molar-refractivity contribution in [3.05, 3.63) is 0 Å². The minimum Gasteiger partial charge on any atom is -0.392 e. The molecule has 1 saturated heterocycles. The highest BCUT2D eigenvalue weighted by molar-refractivity contribution is 5.78. The van der Waals surface area contributed by atoms with Gasteiger partial charge >= 0.3 is 0 Å². The number of carbonyl (C=O) groups excluding carboxylic acids is 2. The van der Waals surface area contributed by atoms with Crippen LogP contribution < -0.4 is 5.32 Å². The zero-order valence-electron chi connectivity index (χ0n) is 15.2. The highest BCUT2D eigenvalue weighted by Crippen LogP contribution is 2.22. The molecule has 2 N–H and O–H groups in total. The molecule has 0 aromatic carbocycles. The van der Waals surface area contributed by atoms with Crippen molar-refractivity contribution < 1.29 is 14.7 Å². The Balaban J connectivity index is 1.80. The van der Waals surface area contributed by atoms with E-state index in [9.17, 15) is 14.7 Å². The number of aliphatic hydroxyl groups excluding tert-OH is 1. The fourth-order valence-electron chi connectivity index (χ4n) is 3.92. The van der Waals surface area contributed by atoms with E-state index in [1.165, 1.54) is 19.3 Å². The average Bonchev–Trinajstić information content (AvgIpc) is 2.55. The molecule has 138 valence electrons. The van der Waals surface area contributed by atoms with Crippen molar-refractivity contribution in [2.45, 2.75) is 77.0 Å². The van der Waals surface area contributed by atoms with Crippen LogP contribution in [0.15, 0.2) is 0 Å². The summed E-state index contributed by atoms with van der Waals surface area (Å²) in [6.45, 7) is 5.74. The molecule has 0 radical (unpaired) electrons. The second-order valence-electron chi connectivity index (χ2n) is 7.42. The lowest BCUT2D eigenvalue weighted by atomic mass is 9.94. The minimum atomic E-state index is -0.418. The van der Waals surface area contributed by atoms with E-state index in [4.69, 9.17) is 0 Å². The fraction of sp³-hybridized carbons (Fsp3) is 0.889. The number of nitrogens with one attached hydrogen (secondary N) is 1. The minimum absolute atomic E-state index is 0.0440. The Morgan fingerprint density at radius 1 is 1.17 bits per heavy atom. The molecule has 1 atom stereocenters. The number of hydrogen-bond donors (Lipinski definition) is 2. The number of carbonyl (C=O) groups is 2. The predicted octanol–water partition coefficient (Wildman–Crippen LogP) is 1.13. The van der Waals surface area contributed by atoms with Gasteiger partial charge in [-0.25, -0.2) is 0 Å². The normalized spacial score (nSPS) is 21.8. The van der Waals surface area contributed by atoms with E-state index in [2.05, 4.69) is 10.2 Å². The highest BCUT2D eigenvalue weighted by atomic mass is 16.3. The van der Waals surface area contributed by atoms with Gasteiger partial charge in [-0.05, 0) is 32.6 Å². The molecule has 0 bridgehead atoms. The second-order valence-corrected chi connectivity index (χ2v) is 7.42. The Morgan fingerprint density at radius 3 is 2.33 bits per heavy atom. The summed E-state index contributed by atoms with van der Waals surface area (Å²) in [6.07, 6.45) is 7.18. The summed E-state index contributed by atoms with van der Waals surface area (Å²) in [5.41, 5.74) is 0. The van der Waals surface area contributed by atoms with Crippen molar-refractivity contribution in [3.63, 3.8) is 0 Å². The van der Waals surface area contributed by atoms with E-state index in [1.807, 2.05) is 4.90 Å². The topological polar surface area (TPSA) is 72.9 Å². The number of piperidine rings is 1. The molecule has 0 aromatic rings. The Morgan fingerprint density at radius 2 is 1.79 bits per heavy atom. The van der Waals surface area contributed by atoms with Crippen LogP contribution in [0.5, 0.6) is 0 Å². The first-order chi connectivity index (χ1) is 11.5. The zero-order chi connectivity index (χ0) is 17.5. The molecule has 1 saturated carbocycles. The van der Waals surface area contributed by atoms with Gasteiger partial charge in [0, 0.05) is 38.6 Å². The van der Waals surface area contributed by atoms with Crippen molar-refractivity contribution in [1.82, 2.24) is 15.1 Å². The van der Waals surface area contributed by atoms with Crippen LogP contribution in [0, 0.1) is 0 Å². The molecule has 1 heterocycles. The average molecular weight is 339 g/mol. The number of rotatable bonds is 6. The first kappa shape index (κ1) is 19.2. The van der Waals surface area contributed by atoms with Crippen LogP contribution in [-0.2, 0) is 9.59 Å². The van der Waals surface area contributed by atoms with Gasteiger partial charge in [-0.1, -0.05) is 19.3 Å². The molecule has 2 amide bonds. The van der Waals surface area contributed by atoms with Crippen molar-refractivity contribution in [2.24, 2.45) is 0 Å². The zero-order valence-corrected chi connectivity index (χ0v) is 15.2. The maximum atomic E-state index is 12.4. The molecule has 1 aliphatic carbocycles. The van der Waals surface area contributed by atoms with Crippen LogP contribution in [0.25, 0.3) is 0 Å². The Hall–Kier alpha value is -1.14. The lowest BCUT2D eigenvalue weighted by molar-refractivity contribution is -0.130. The number of likely N-dealkylation sites (tertiary alicyclic amines) is 1. The first-order valence-corrected chi connectivity index (χ1v) is 9.42. The van der Waals surface area contributed by atoms with Gasteiger partial charge in [-0.15, -0.1) is 0 Å². The van der Waals surface area contributed by atoms with Crippen LogP contribution in [0.4, 0.5) is 0 Å². The van der Waals surface area contributed by atoms with E-state index in [0.29, 0.717) is 19.1 Å². The molecule has 1 aliphatic heterocycles. The predicted molar refractivity (Wildman–Crippen MR) is 93.5 cm³/mol. The third kappa shape index (κ3) is 6.06. The molecule has 0 spiro atoms. The van der Waals surface area contributed by atoms with Gasteiger partial charge in [-0.3, -0.25) is 14.5 Å². The van der Waals surface area contributed by atoms with E-state index in [-0.39, 0.29) is 17.9 Å². The number of hydrogen-bond acceptors (Lipinski definition) is 4. The number of amides is 2. The van der Waals surface area contributed by atoms with E-state index in [0.717, 1.165) is 38.8 Å². The molecule has 2 rings (SSSR count). The molecule has 0 aromatic heterocycles. The number of aliphatic hydroxyl groups is 1. The summed E-state index contributed by atoms with van der Waals surface area (Å²) in [7, 11) is 0. The molecular formula is C18H33N3O3. The third-order valence-corrected chi connectivity index (χ3v) is 5.24. The summed E-state index contributed by atoms with van der Waals surface area (Å²) >= 11 is 0. The van der Waals surface area contributed by atoms with Crippen LogP contribution in [0.3, 0.4) is 0 Å². The van der Waals surface area contributed by atoms with Crippen LogP contribution in [0.1, 0.15) is 58.8 Å². The van der Waals surface area contributed by atoms with Crippen LogP contribution in [-0.4, -0.2) is 71.1 Å². The van der Waals surface area contributed by atoms with Crippen molar-refractivity contribution in [2.75, 3.05) is 26.2 Å². The van der Waals surface area contributed by atoms with E-state index < -0.39 is 6.10 Å². The SMILES string of the molecule is CC(=O)N1CCC(NC(=O)CN(CC(C)O)C2CCCCC2)CC1. The van der Waals surface area contributed by atoms with Gasteiger partial charge in [0.15, 0.2) is 0 Å². The van der Waals surface area contributed by atoms with Gasteiger partial charge in [0.05, 0.1) is 12.6 Å². The first-order valence-electron chi connectivity index (χ1n) is 9.42. The fourth-order valence-corrected chi connectivity index (χ4v) is 3.92. The molecule has 6 heteroatoms. The van der Waals surface area contributed by atoms with Gasteiger partial charge in [0.2, 0.25) is 11.8 Å². The summed E-state index contributed by atoms with van der Waals surface area (Å²) in [6, 6.07) is 0.575. The third-order valence-electron chi connectivity index (χ3n) is 5.24. The molecule has 1 unspecified atom stereocenters. The highest BCUT2D eigenvalue weighted by Gasteiger charge is 2.26. The number of nitrogens with zero attached hydrogens (tertiary/aromatic N) is 2. The summed E-state index contributed by atoms with van der Waals surface area (Å²) in [4.78, 5) is 27.8. The van der Waals surface area contributed by atoms with Crippen molar-refractivity contribution >= 4 is 11.8 Å². The summed E-state index contributed by atoms with van der Waals surface area (Å²) in [5.74, 6) is 0.155. The molecule has 2 aliphatic rings. The lowest BCUT2D eigenvalue weighted by Crippen LogP contribution is -2.51. The Kier molecular flexibility index (Phi) is 7.49. The Labute approximate surface area is 145 Å². The molecular weight excluding hydrogens is 306 g/mol. The molecule has 2 fully saturated rings. The quantitative estimate of drug-likeness (QED) is 0.761. The summed E-state index contributed by atoms with van der Waals surface area (Å²) in [5, 5.41) is 12.9. The lowest BCUT2D eigenvalue weighted by Gasteiger charge is -2.36. The monoisotopic (exact) mass is 339 g/mol. The van der Waals surface area contributed by atoms with Gasteiger partial charge in [0.1, 0.15) is 0 Å². The van der Waals surface area contributed by atoms with Crippen molar-refractivity contribution in [3.8, 4) is 0 Å². The van der Waals surface area contributed by atoms with Gasteiger partial charge < -0.3 is 15.3 Å². The summed E-state index contributed by atoms with van der Waals surface area (Å²) < 4.78 is 0. The molecule has 6 nitrogen and oxygen atoms in total. The van der Waals surface area contributed by atoms with Crippen LogP contribution >= 0.6 is 0 Å². The maximum absolute atomic E-state index is 12.4. The van der Waals surface area contributed by atoms with Crippen molar-refractivity contribution in [1.29, 1.82) is 0 Å².